The Morgan fingerprint density at radius 2 is 1.70 bits per heavy atom. The lowest BCUT2D eigenvalue weighted by Gasteiger charge is -2.15. The lowest BCUT2D eigenvalue weighted by Crippen LogP contribution is -2.16. The van der Waals surface area contributed by atoms with Crippen molar-refractivity contribution in [2.45, 2.75) is 33.6 Å². The Hall–Kier alpha value is -1.56. The number of benzene rings is 1. The Bertz CT molecular complexity index is 593. The first-order valence-corrected chi connectivity index (χ1v) is 8.52. The highest BCUT2D eigenvalue weighted by molar-refractivity contribution is 7.92. The van der Waals surface area contributed by atoms with E-state index in [0.29, 0.717) is 0 Å². The molecular formula is C14H21NO4S. The lowest BCUT2D eigenvalue weighted by molar-refractivity contribution is 0.0527. The molecule has 0 aliphatic heterocycles. The van der Waals surface area contributed by atoms with E-state index in [1.54, 1.807) is 19.1 Å². The van der Waals surface area contributed by atoms with Crippen LogP contribution in [0.15, 0.2) is 12.1 Å². The standard InChI is InChI=1S/C14H21NO4S/c1-5-10-8-12(14(16)19-7-3)13(9-11(10)6-2)15-20(4,17)18/h8-9,15H,5-7H2,1-4H3. The fourth-order valence-electron chi connectivity index (χ4n) is 2.01. The van der Waals surface area contributed by atoms with E-state index in [9.17, 15) is 13.2 Å². The summed E-state index contributed by atoms with van der Waals surface area (Å²) < 4.78 is 30.2. The van der Waals surface area contributed by atoms with Crippen molar-refractivity contribution in [3.63, 3.8) is 0 Å². The predicted octanol–water partition coefficient (Wildman–Crippen LogP) is 2.36. The van der Waals surface area contributed by atoms with E-state index in [0.717, 1.165) is 30.2 Å². The second-order valence-corrected chi connectivity index (χ2v) is 6.22. The van der Waals surface area contributed by atoms with Gasteiger partial charge in [0, 0.05) is 0 Å². The number of esters is 1. The highest BCUT2D eigenvalue weighted by Gasteiger charge is 2.18. The third kappa shape index (κ3) is 4.23. The van der Waals surface area contributed by atoms with Crippen molar-refractivity contribution >= 4 is 21.7 Å². The lowest BCUT2D eigenvalue weighted by atomic mass is 9.98. The van der Waals surface area contributed by atoms with Gasteiger partial charge in [0.05, 0.1) is 24.1 Å². The van der Waals surface area contributed by atoms with Crippen molar-refractivity contribution < 1.29 is 17.9 Å². The first-order chi connectivity index (χ1) is 9.32. The van der Waals surface area contributed by atoms with Crippen LogP contribution < -0.4 is 4.72 Å². The number of rotatable bonds is 6. The molecule has 0 fully saturated rings. The van der Waals surface area contributed by atoms with E-state index in [1.165, 1.54) is 0 Å². The smallest absolute Gasteiger partial charge is 0.340 e. The number of sulfonamides is 1. The Kier molecular flexibility index (Phi) is 5.56. The van der Waals surface area contributed by atoms with Crippen LogP contribution in [0.5, 0.6) is 0 Å². The van der Waals surface area contributed by atoms with Crippen LogP contribution in [0.4, 0.5) is 5.69 Å². The summed E-state index contributed by atoms with van der Waals surface area (Å²) in [5.41, 5.74) is 2.58. The molecule has 0 aliphatic rings. The summed E-state index contributed by atoms with van der Waals surface area (Å²) in [6.45, 7) is 5.94. The first kappa shape index (κ1) is 16.5. The molecule has 1 aromatic rings. The average molecular weight is 299 g/mol. The molecule has 1 aromatic carbocycles. The van der Waals surface area contributed by atoms with Crippen molar-refractivity contribution in [2.24, 2.45) is 0 Å². The fourth-order valence-corrected chi connectivity index (χ4v) is 2.58. The van der Waals surface area contributed by atoms with Crippen LogP contribution in [0.3, 0.4) is 0 Å². The maximum atomic E-state index is 12.0. The molecular weight excluding hydrogens is 278 g/mol. The second kappa shape index (κ2) is 6.74. The molecule has 0 saturated carbocycles. The number of carbonyl (C=O) groups excluding carboxylic acids is 1. The zero-order valence-corrected chi connectivity index (χ0v) is 13.1. The van der Waals surface area contributed by atoms with Gasteiger partial charge in [0.1, 0.15) is 0 Å². The largest absolute Gasteiger partial charge is 0.462 e. The Morgan fingerprint density at radius 3 is 2.15 bits per heavy atom. The van der Waals surface area contributed by atoms with Gasteiger partial charge >= 0.3 is 5.97 Å². The number of carbonyl (C=O) groups is 1. The maximum Gasteiger partial charge on any atom is 0.340 e. The summed E-state index contributed by atoms with van der Waals surface area (Å²) in [4.78, 5) is 12.0. The molecule has 6 heteroatoms. The topological polar surface area (TPSA) is 72.5 Å². The molecule has 0 aliphatic carbocycles. The molecule has 112 valence electrons. The minimum atomic E-state index is -3.45. The quantitative estimate of drug-likeness (QED) is 0.818. The second-order valence-electron chi connectivity index (χ2n) is 4.47. The van der Waals surface area contributed by atoms with Crippen LogP contribution in [0.1, 0.15) is 42.3 Å². The van der Waals surface area contributed by atoms with Crippen molar-refractivity contribution in [2.75, 3.05) is 17.6 Å². The molecule has 0 spiro atoms. The summed E-state index contributed by atoms with van der Waals surface area (Å²) in [7, 11) is -3.45. The third-order valence-electron chi connectivity index (χ3n) is 2.89. The fraction of sp³-hybridized carbons (Fsp3) is 0.500. The van der Waals surface area contributed by atoms with Crippen LogP contribution in [0.2, 0.25) is 0 Å². The molecule has 0 unspecified atom stereocenters. The van der Waals surface area contributed by atoms with Gasteiger partial charge in [0.2, 0.25) is 10.0 Å². The number of hydrogen-bond donors (Lipinski definition) is 1. The highest BCUT2D eigenvalue weighted by Crippen LogP contribution is 2.24. The molecule has 0 bridgehead atoms. The first-order valence-electron chi connectivity index (χ1n) is 6.63. The molecule has 0 amide bonds. The van der Waals surface area contributed by atoms with Crippen LogP contribution in [0, 0.1) is 0 Å². The summed E-state index contributed by atoms with van der Waals surface area (Å²) in [5.74, 6) is -0.518. The maximum absolute atomic E-state index is 12.0. The number of aryl methyl sites for hydroxylation is 2. The van der Waals surface area contributed by atoms with E-state index in [-0.39, 0.29) is 17.9 Å². The minimum absolute atomic E-state index is 0.244. The summed E-state index contributed by atoms with van der Waals surface area (Å²) in [5, 5.41) is 0. The van der Waals surface area contributed by atoms with Gasteiger partial charge in [-0.15, -0.1) is 0 Å². The molecule has 1 rings (SSSR count). The van der Waals surface area contributed by atoms with E-state index in [1.807, 2.05) is 13.8 Å². The predicted molar refractivity (Wildman–Crippen MR) is 79.6 cm³/mol. The molecule has 0 aromatic heterocycles. The molecule has 20 heavy (non-hydrogen) atoms. The van der Waals surface area contributed by atoms with Gasteiger partial charge in [0.15, 0.2) is 0 Å². The Morgan fingerprint density at radius 1 is 1.15 bits per heavy atom. The van der Waals surface area contributed by atoms with Crippen molar-refractivity contribution in [3.8, 4) is 0 Å². The van der Waals surface area contributed by atoms with Crippen LogP contribution >= 0.6 is 0 Å². The Labute approximate surface area is 120 Å². The molecule has 0 heterocycles. The van der Waals surface area contributed by atoms with Gasteiger partial charge < -0.3 is 4.74 Å². The Balaban J connectivity index is 3.40. The zero-order chi connectivity index (χ0) is 15.3. The number of ether oxygens (including phenoxy) is 1. The van der Waals surface area contributed by atoms with Crippen LogP contribution in [-0.4, -0.2) is 27.2 Å². The van der Waals surface area contributed by atoms with E-state index >= 15 is 0 Å². The van der Waals surface area contributed by atoms with Crippen LogP contribution in [-0.2, 0) is 27.6 Å². The number of anilines is 1. The van der Waals surface area contributed by atoms with E-state index in [4.69, 9.17) is 4.74 Å². The van der Waals surface area contributed by atoms with Crippen molar-refractivity contribution in [3.05, 3.63) is 28.8 Å². The summed E-state index contributed by atoms with van der Waals surface area (Å²) in [6, 6.07) is 3.43. The third-order valence-corrected chi connectivity index (χ3v) is 3.48. The molecule has 0 saturated heterocycles. The number of nitrogens with one attached hydrogen (secondary N) is 1. The summed E-state index contributed by atoms with van der Waals surface area (Å²) in [6.07, 6.45) is 2.60. The van der Waals surface area contributed by atoms with Gasteiger partial charge in [-0.1, -0.05) is 13.8 Å². The number of hydrogen-bond acceptors (Lipinski definition) is 4. The van der Waals surface area contributed by atoms with Crippen molar-refractivity contribution in [1.82, 2.24) is 0 Å². The molecule has 5 nitrogen and oxygen atoms in total. The minimum Gasteiger partial charge on any atom is -0.462 e. The zero-order valence-electron chi connectivity index (χ0n) is 12.3. The summed E-state index contributed by atoms with van der Waals surface area (Å²) >= 11 is 0. The van der Waals surface area contributed by atoms with Gasteiger partial charge in [-0.2, -0.15) is 0 Å². The van der Waals surface area contributed by atoms with Gasteiger partial charge in [-0.3, -0.25) is 4.72 Å². The van der Waals surface area contributed by atoms with Gasteiger partial charge in [-0.05, 0) is 43.0 Å². The van der Waals surface area contributed by atoms with Crippen molar-refractivity contribution in [1.29, 1.82) is 0 Å². The monoisotopic (exact) mass is 299 g/mol. The van der Waals surface area contributed by atoms with Gasteiger partial charge in [-0.25, -0.2) is 13.2 Å². The molecule has 0 radical (unpaired) electrons. The SMILES string of the molecule is CCOC(=O)c1cc(CC)c(CC)cc1NS(C)(=O)=O. The average Bonchev–Trinajstić information content (AvgIpc) is 2.36. The highest BCUT2D eigenvalue weighted by atomic mass is 32.2. The molecule has 1 N–H and O–H groups in total. The molecule has 0 atom stereocenters. The van der Waals surface area contributed by atoms with Crippen LogP contribution in [0.25, 0.3) is 0 Å². The normalized spacial score (nSPS) is 11.2. The van der Waals surface area contributed by atoms with Gasteiger partial charge in [0.25, 0.3) is 0 Å². The van der Waals surface area contributed by atoms with E-state index < -0.39 is 16.0 Å². The van der Waals surface area contributed by atoms with E-state index in [2.05, 4.69) is 4.72 Å².